The van der Waals surface area contributed by atoms with Crippen molar-refractivity contribution in [2.24, 2.45) is 5.92 Å². The third kappa shape index (κ3) is 6.22. The Hall–Kier alpha value is -2.13. The topological polar surface area (TPSA) is 87.2 Å². The van der Waals surface area contributed by atoms with E-state index in [0.29, 0.717) is 6.42 Å². The number of aliphatic hydroxyl groups is 1. The van der Waals surface area contributed by atoms with Gasteiger partial charge >= 0.3 is 6.18 Å². The van der Waals surface area contributed by atoms with Gasteiger partial charge in [-0.1, -0.05) is 26.2 Å². The molecule has 0 bridgehead atoms. The SMILES string of the molecule is CC1CC(=O)CC(COc2cc(C(F)(F)F)c3nc(C(C)(C)O)[nH]c3c2)N1.CC1CCC1. The number of fused-ring (bicyclic) bond motifs is 1. The number of carbonyl (C=O) groups excluding carboxylic acids is 1. The van der Waals surface area contributed by atoms with Crippen LogP contribution in [0.25, 0.3) is 11.0 Å². The Balaban J connectivity index is 0.000000509. The maximum Gasteiger partial charge on any atom is 0.418 e. The van der Waals surface area contributed by atoms with Crippen molar-refractivity contribution in [1.29, 1.82) is 0 Å². The highest BCUT2D eigenvalue weighted by Crippen LogP contribution is 2.37. The Kier molecular flexibility index (Phi) is 7.19. The van der Waals surface area contributed by atoms with Gasteiger partial charge in [0.25, 0.3) is 0 Å². The standard InChI is InChI=1S/C18H22F3N3O3.C5H10/c1-9-4-11(25)5-10(22-9)8-27-12-6-13(18(19,20)21)15-14(7-12)23-16(24-15)17(2,3)26;1-5-3-2-4-5/h6-7,9-10,22,26H,4-5,8H2,1-3H3,(H,23,24);5H,2-4H2,1H3. The predicted octanol–water partition coefficient (Wildman–Crippen LogP) is 4.70. The average Bonchev–Trinajstić information content (AvgIpc) is 3.07. The second kappa shape index (κ2) is 9.39. The third-order valence-corrected chi connectivity index (χ3v) is 5.82. The lowest BCUT2D eigenvalue weighted by molar-refractivity contribution is -0.136. The first kappa shape index (κ1) is 24.5. The first-order valence-electron chi connectivity index (χ1n) is 11.1. The summed E-state index contributed by atoms with van der Waals surface area (Å²) in [5, 5.41) is 13.2. The van der Waals surface area contributed by atoms with Crippen LogP contribution in [0.4, 0.5) is 13.2 Å². The molecular weight excluding hydrogens is 423 g/mol. The number of halogens is 3. The highest BCUT2D eigenvalue weighted by atomic mass is 19.4. The number of hydrogen-bond donors (Lipinski definition) is 3. The molecule has 0 amide bonds. The molecule has 2 atom stereocenters. The molecule has 1 saturated carbocycles. The fourth-order valence-electron chi connectivity index (χ4n) is 3.82. The van der Waals surface area contributed by atoms with Gasteiger partial charge in [-0.3, -0.25) is 4.79 Å². The first-order valence-corrected chi connectivity index (χ1v) is 11.1. The summed E-state index contributed by atoms with van der Waals surface area (Å²) in [6.07, 6.45) is 0.554. The van der Waals surface area contributed by atoms with E-state index in [1.807, 2.05) is 6.92 Å². The Labute approximate surface area is 185 Å². The van der Waals surface area contributed by atoms with E-state index in [1.54, 1.807) is 0 Å². The van der Waals surface area contributed by atoms with Crippen LogP contribution in [0.15, 0.2) is 12.1 Å². The summed E-state index contributed by atoms with van der Waals surface area (Å²) in [4.78, 5) is 18.3. The highest BCUT2D eigenvalue weighted by Gasteiger charge is 2.36. The second-order valence-corrected chi connectivity index (χ2v) is 9.57. The molecule has 1 aromatic heterocycles. The minimum atomic E-state index is -4.63. The molecular formula is C23H32F3N3O3. The monoisotopic (exact) mass is 455 g/mol. The van der Waals surface area contributed by atoms with E-state index in [2.05, 4.69) is 22.2 Å². The van der Waals surface area contributed by atoms with E-state index in [4.69, 9.17) is 4.74 Å². The highest BCUT2D eigenvalue weighted by molar-refractivity contribution is 5.82. The molecule has 2 unspecified atom stereocenters. The number of H-pyrrole nitrogens is 1. The van der Waals surface area contributed by atoms with Crippen LogP contribution in [-0.2, 0) is 16.6 Å². The van der Waals surface area contributed by atoms with E-state index in [9.17, 15) is 23.1 Å². The molecule has 0 spiro atoms. The van der Waals surface area contributed by atoms with Crippen LogP contribution in [0, 0.1) is 5.92 Å². The first-order chi connectivity index (χ1) is 14.8. The minimum absolute atomic E-state index is 0.00928. The van der Waals surface area contributed by atoms with Gasteiger partial charge in [0.15, 0.2) is 0 Å². The Morgan fingerprint density at radius 1 is 1.19 bits per heavy atom. The van der Waals surface area contributed by atoms with E-state index in [1.165, 1.54) is 39.2 Å². The average molecular weight is 456 g/mol. The number of ketones is 1. The number of Topliss-reactive ketones (excluding diaryl/α,β-unsaturated/α-hetero) is 1. The lowest BCUT2D eigenvalue weighted by Gasteiger charge is -2.27. The molecule has 32 heavy (non-hydrogen) atoms. The number of imidazole rings is 1. The number of piperidine rings is 1. The number of nitrogens with one attached hydrogen (secondary N) is 2. The maximum absolute atomic E-state index is 13.5. The predicted molar refractivity (Wildman–Crippen MR) is 115 cm³/mol. The second-order valence-electron chi connectivity index (χ2n) is 9.57. The number of aromatic nitrogens is 2. The summed E-state index contributed by atoms with van der Waals surface area (Å²) >= 11 is 0. The number of benzene rings is 1. The molecule has 0 radical (unpaired) electrons. The van der Waals surface area contributed by atoms with Gasteiger partial charge in [0.2, 0.25) is 0 Å². The fourth-order valence-corrected chi connectivity index (χ4v) is 3.82. The van der Waals surface area contributed by atoms with E-state index >= 15 is 0 Å². The Morgan fingerprint density at radius 2 is 1.84 bits per heavy atom. The quantitative estimate of drug-likeness (QED) is 0.622. The number of rotatable bonds is 4. The van der Waals surface area contributed by atoms with Gasteiger partial charge in [0.1, 0.15) is 35.1 Å². The lowest BCUT2D eigenvalue weighted by atomic mass is 9.88. The van der Waals surface area contributed by atoms with Crippen LogP contribution >= 0.6 is 0 Å². The lowest BCUT2D eigenvalue weighted by Crippen LogP contribution is -2.47. The van der Waals surface area contributed by atoms with Crippen molar-refractivity contribution in [2.75, 3.05) is 6.61 Å². The maximum atomic E-state index is 13.5. The van der Waals surface area contributed by atoms with Gasteiger partial charge in [0.05, 0.1) is 11.1 Å². The summed E-state index contributed by atoms with van der Waals surface area (Å²) in [5.74, 6) is 1.22. The number of aromatic amines is 1. The van der Waals surface area contributed by atoms with Gasteiger partial charge < -0.3 is 20.1 Å². The fraction of sp³-hybridized carbons (Fsp3) is 0.652. The molecule has 1 saturated heterocycles. The Morgan fingerprint density at radius 3 is 2.34 bits per heavy atom. The molecule has 1 aromatic carbocycles. The van der Waals surface area contributed by atoms with Crippen LogP contribution in [0.1, 0.15) is 71.2 Å². The molecule has 2 aliphatic rings. The van der Waals surface area contributed by atoms with Crippen molar-refractivity contribution in [3.05, 3.63) is 23.5 Å². The number of alkyl halides is 3. The van der Waals surface area contributed by atoms with Crippen LogP contribution in [0.2, 0.25) is 0 Å². The van der Waals surface area contributed by atoms with Crippen molar-refractivity contribution >= 4 is 16.8 Å². The molecule has 9 heteroatoms. The van der Waals surface area contributed by atoms with Crippen molar-refractivity contribution in [3.8, 4) is 5.75 Å². The summed E-state index contributed by atoms with van der Waals surface area (Å²) in [5.41, 5.74) is -2.50. The van der Waals surface area contributed by atoms with Gasteiger partial charge in [0, 0.05) is 31.0 Å². The minimum Gasteiger partial charge on any atom is -0.492 e. The van der Waals surface area contributed by atoms with E-state index in [-0.39, 0.29) is 53.5 Å². The third-order valence-electron chi connectivity index (χ3n) is 5.82. The molecule has 4 rings (SSSR count). The van der Waals surface area contributed by atoms with Crippen molar-refractivity contribution < 1.29 is 27.8 Å². The molecule has 178 valence electrons. The van der Waals surface area contributed by atoms with Crippen LogP contribution in [0.5, 0.6) is 5.75 Å². The van der Waals surface area contributed by atoms with E-state index < -0.39 is 17.3 Å². The normalized spacial score (nSPS) is 22.3. The zero-order valence-electron chi connectivity index (χ0n) is 19.0. The molecule has 3 N–H and O–H groups in total. The zero-order valence-corrected chi connectivity index (χ0v) is 19.0. The molecule has 2 fully saturated rings. The molecule has 6 nitrogen and oxygen atoms in total. The number of ether oxygens (including phenoxy) is 1. The molecule has 1 aliphatic heterocycles. The number of carbonyl (C=O) groups is 1. The Bertz CT molecular complexity index is 946. The molecule has 1 aliphatic carbocycles. The van der Waals surface area contributed by atoms with E-state index in [0.717, 1.165) is 12.0 Å². The van der Waals surface area contributed by atoms with Crippen LogP contribution in [-0.4, -0.2) is 39.5 Å². The van der Waals surface area contributed by atoms with Crippen LogP contribution < -0.4 is 10.1 Å². The smallest absolute Gasteiger partial charge is 0.418 e. The van der Waals surface area contributed by atoms with Crippen molar-refractivity contribution in [2.45, 2.75) is 83.7 Å². The van der Waals surface area contributed by atoms with Crippen LogP contribution in [0.3, 0.4) is 0 Å². The zero-order chi connectivity index (χ0) is 23.7. The van der Waals surface area contributed by atoms with Crippen molar-refractivity contribution in [3.63, 3.8) is 0 Å². The largest absolute Gasteiger partial charge is 0.492 e. The summed E-state index contributed by atoms with van der Waals surface area (Å²) < 4.78 is 46.0. The number of nitrogens with zero attached hydrogens (tertiary/aromatic N) is 1. The van der Waals surface area contributed by atoms with Gasteiger partial charge in [-0.15, -0.1) is 0 Å². The summed E-state index contributed by atoms with van der Waals surface area (Å²) in [6.45, 7) is 7.13. The van der Waals surface area contributed by atoms with Gasteiger partial charge in [-0.25, -0.2) is 4.98 Å². The van der Waals surface area contributed by atoms with Gasteiger partial charge in [-0.2, -0.15) is 13.2 Å². The molecule has 2 heterocycles. The van der Waals surface area contributed by atoms with Crippen molar-refractivity contribution in [1.82, 2.24) is 15.3 Å². The number of hydrogen-bond acceptors (Lipinski definition) is 5. The molecule has 2 aromatic rings. The summed E-state index contributed by atoms with van der Waals surface area (Å²) in [7, 11) is 0. The van der Waals surface area contributed by atoms with Gasteiger partial charge in [-0.05, 0) is 32.8 Å². The summed E-state index contributed by atoms with van der Waals surface area (Å²) in [6, 6.07) is 2.07.